The Balaban J connectivity index is 1.44. The first-order chi connectivity index (χ1) is 16.0. The molecular weight excluding hydrogens is 434 g/mol. The number of benzene rings is 2. The molecule has 0 aliphatic carbocycles. The van der Waals surface area contributed by atoms with Gasteiger partial charge in [-0.2, -0.15) is 0 Å². The van der Waals surface area contributed by atoms with Crippen molar-refractivity contribution in [2.75, 3.05) is 24.2 Å². The molecule has 1 aliphatic rings. The molecule has 2 heterocycles. The summed E-state index contributed by atoms with van der Waals surface area (Å²) >= 11 is 1.36. The standard InChI is InChI=1S/C25H29N5O2S/c1-4-30-23(19-11-6-5-10-17(19)2)27-28-25(30)33-16-22(31)26-21-13-9-12-20(18(21)3)24(32)29-14-7-8-15-29/h5-6,9-13H,4,7-8,14-16H2,1-3H3,(H,26,31). The van der Waals surface area contributed by atoms with Crippen molar-refractivity contribution in [3.05, 3.63) is 59.2 Å². The zero-order valence-corrected chi connectivity index (χ0v) is 20.1. The zero-order valence-electron chi connectivity index (χ0n) is 19.3. The molecule has 0 spiro atoms. The van der Waals surface area contributed by atoms with E-state index in [0.29, 0.717) is 23.0 Å². The lowest BCUT2D eigenvalue weighted by atomic mass is 10.1. The number of carbonyl (C=O) groups excluding carboxylic acids is 2. The van der Waals surface area contributed by atoms with Gasteiger partial charge in [-0.25, -0.2) is 0 Å². The Bertz CT molecular complexity index is 1170. The Morgan fingerprint density at radius 3 is 2.52 bits per heavy atom. The number of hydrogen-bond donors (Lipinski definition) is 1. The van der Waals surface area contributed by atoms with Crippen molar-refractivity contribution >= 4 is 29.3 Å². The molecule has 2 aromatic carbocycles. The van der Waals surface area contributed by atoms with Crippen LogP contribution in [0.2, 0.25) is 0 Å². The van der Waals surface area contributed by atoms with Gasteiger partial charge in [-0.15, -0.1) is 10.2 Å². The number of rotatable bonds is 7. The second kappa shape index (κ2) is 10.2. The van der Waals surface area contributed by atoms with E-state index in [4.69, 9.17) is 0 Å². The summed E-state index contributed by atoms with van der Waals surface area (Å²) in [5.74, 6) is 0.907. The Labute approximate surface area is 198 Å². The summed E-state index contributed by atoms with van der Waals surface area (Å²) in [6.45, 7) is 8.29. The molecule has 0 unspecified atom stereocenters. The smallest absolute Gasteiger partial charge is 0.254 e. The third kappa shape index (κ3) is 4.95. The normalized spacial score (nSPS) is 13.4. The van der Waals surface area contributed by atoms with Crippen molar-refractivity contribution < 1.29 is 9.59 Å². The van der Waals surface area contributed by atoms with E-state index in [1.807, 2.05) is 59.7 Å². The minimum atomic E-state index is -0.142. The number of hydrogen-bond acceptors (Lipinski definition) is 5. The first kappa shape index (κ1) is 23.0. The average molecular weight is 464 g/mol. The highest BCUT2D eigenvalue weighted by molar-refractivity contribution is 7.99. The maximum atomic E-state index is 12.8. The third-order valence-corrected chi connectivity index (χ3v) is 6.95. The lowest BCUT2D eigenvalue weighted by Crippen LogP contribution is -2.28. The number of aryl methyl sites for hydroxylation is 1. The fourth-order valence-electron chi connectivity index (χ4n) is 4.11. The molecule has 1 N–H and O–H groups in total. The molecule has 33 heavy (non-hydrogen) atoms. The van der Waals surface area contributed by atoms with Gasteiger partial charge in [0.2, 0.25) is 5.91 Å². The van der Waals surface area contributed by atoms with Crippen LogP contribution in [0.25, 0.3) is 11.4 Å². The number of aromatic nitrogens is 3. The fraction of sp³-hybridized carbons (Fsp3) is 0.360. The van der Waals surface area contributed by atoms with Gasteiger partial charge in [-0.1, -0.05) is 42.1 Å². The summed E-state index contributed by atoms with van der Waals surface area (Å²) in [4.78, 5) is 27.4. The van der Waals surface area contributed by atoms with Crippen LogP contribution in [0, 0.1) is 13.8 Å². The van der Waals surface area contributed by atoms with Crippen LogP contribution in [0.1, 0.15) is 41.3 Å². The molecular formula is C25H29N5O2S. The lowest BCUT2D eigenvalue weighted by molar-refractivity contribution is -0.113. The molecule has 4 rings (SSSR count). The predicted molar refractivity (Wildman–Crippen MR) is 132 cm³/mol. The fourth-order valence-corrected chi connectivity index (χ4v) is 4.92. The quantitative estimate of drug-likeness (QED) is 0.520. The average Bonchev–Trinajstić information content (AvgIpc) is 3.49. The van der Waals surface area contributed by atoms with Gasteiger partial charge in [-0.3, -0.25) is 9.59 Å². The minimum Gasteiger partial charge on any atom is -0.339 e. The molecule has 0 atom stereocenters. The molecule has 7 nitrogen and oxygen atoms in total. The second-order valence-corrected chi connectivity index (χ2v) is 9.12. The van der Waals surface area contributed by atoms with Crippen LogP contribution in [-0.4, -0.2) is 50.3 Å². The summed E-state index contributed by atoms with van der Waals surface area (Å²) in [5.41, 5.74) is 4.29. The van der Waals surface area contributed by atoms with Gasteiger partial charge in [0.05, 0.1) is 5.75 Å². The molecule has 1 aromatic heterocycles. The molecule has 0 radical (unpaired) electrons. The lowest BCUT2D eigenvalue weighted by Gasteiger charge is -2.18. The van der Waals surface area contributed by atoms with Crippen LogP contribution >= 0.6 is 11.8 Å². The summed E-state index contributed by atoms with van der Waals surface area (Å²) in [7, 11) is 0. The number of carbonyl (C=O) groups is 2. The Kier molecular flexibility index (Phi) is 7.13. The number of nitrogens with zero attached hydrogens (tertiary/aromatic N) is 4. The van der Waals surface area contributed by atoms with E-state index in [9.17, 15) is 9.59 Å². The first-order valence-corrected chi connectivity index (χ1v) is 12.3. The van der Waals surface area contributed by atoms with Gasteiger partial charge in [-0.05, 0) is 56.9 Å². The van der Waals surface area contributed by atoms with Gasteiger partial charge in [0, 0.05) is 36.4 Å². The molecule has 8 heteroatoms. The van der Waals surface area contributed by atoms with Crippen molar-refractivity contribution in [3.8, 4) is 11.4 Å². The Morgan fingerprint density at radius 1 is 1.03 bits per heavy atom. The minimum absolute atomic E-state index is 0.0373. The van der Waals surface area contributed by atoms with E-state index in [2.05, 4.69) is 28.5 Å². The van der Waals surface area contributed by atoms with E-state index in [0.717, 1.165) is 48.4 Å². The van der Waals surface area contributed by atoms with Crippen molar-refractivity contribution in [2.45, 2.75) is 45.3 Å². The van der Waals surface area contributed by atoms with Gasteiger partial charge in [0.25, 0.3) is 5.91 Å². The number of likely N-dealkylation sites (tertiary alicyclic amines) is 1. The van der Waals surface area contributed by atoms with Gasteiger partial charge < -0.3 is 14.8 Å². The highest BCUT2D eigenvalue weighted by atomic mass is 32.2. The Hall–Kier alpha value is -3.13. The largest absolute Gasteiger partial charge is 0.339 e. The van der Waals surface area contributed by atoms with Crippen LogP contribution in [0.3, 0.4) is 0 Å². The van der Waals surface area contributed by atoms with Crippen molar-refractivity contribution in [1.82, 2.24) is 19.7 Å². The summed E-state index contributed by atoms with van der Waals surface area (Å²) in [6, 6.07) is 13.6. The third-order valence-electron chi connectivity index (χ3n) is 5.98. The zero-order chi connectivity index (χ0) is 23.4. The summed E-state index contributed by atoms with van der Waals surface area (Å²) < 4.78 is 2.03. The van der Waals surface area contributed by atoms with E-state index >= 15 is 0 Å². The van der Waals surface area contributed by atoms with Crippen LogP contribution in [0.4, 0.5) is 5.69 Å². The topological polar surface area (TPSA) is 80.1 Å². The number of anilines is 1. The van der Waals surface area contributed by atoms with Crippen molar-refractivity contribution in [2.24, 2.45) is 0 Å². The van der Waals surface area contributed by atoms with Gasteiger partial charge in [0.15, 0.2) is 11.0 Å². The summed E-state index contributed by atoms with van der Waals surface area (Å²) in [5, 5.41) is 12.4. The van der Waals surface area contributed by atoms with Crippen LogP contribution in [0.15, 0.2) is 47.6 Å². The predicted octanol–water partition coefficient (Wildman–Crippen LogP) is 4.55. The molecule has 172 valence electrons. The number of nitrogens with one attached hydrogen (secondary N) is 1. The van der Waals surface area contributed by atoms with E-state index < -0.39 is 0 Å². The molecule has 1 fully saturated rings. The molecule has 3 aromatic rings. The van der Waals surface area contributed by atoms with Crippen molar-refractivity contribution in [1.29, 1.82) is 0 Å². The second-order valence-electron chi connectivity index (χ2n) is 8.18. The Morgan fingerprint density at radius 2 is 1.79 bits per heavy atom. The highest BCUT2D eigenvalue weighted by Crippen LogP contribution is 2.27. The maximum absolute atomic E-state index is 12.8. The monoisotopic (exact) mass is 463 g/mol. The molecule has 1 saturated heterocycles. The number of thioether (sulfide) groups is 1. The van der Waals surface area contributed by atoms with Gasteiger partial charge >= 0.3 is 0 Å². The van der Waals surface area contributed by atoms with Crippen molar-refractivity contribution in [3.63, 3.8) is 0 Å². The molecule has 1 aliphatic heterocycles. The first-order valence-electron chi connectivity index (χ1n) is 11.3. The van der Waals surface area contributed by atoms with E-state index in [1.165, 1.54) is 11.8 Å². The SMILES string of the molecule is CCn1c(SCC(=O)Nc2cccc(C(=O)N3CCCC3)c2C)nnc1-c1ccccc1C. The summed E-state index contributed by atoms with van der Waals surface area (Å²) in [6.07, 6.45) is 2.10. The van der Waals surface area contributed by atoms with Gasteiger partial charge in [0.1, 0.15) is 0 Å². The van der Waals surface area contributed by atoms with E-state index in [1.54, 1.807) is 0 Å². The highest BCUT2D eigenvalue weighted by Gasteiger charge is 2.22. The number of amides is 2. The van der Waals surface area contributed by atoms with Crippen LogP contribution < -0.4 is 5.32 Å². The van der Waals surface area contributed by atoms with E-state index in [-0.39, 0.29) is 17.6 Å². The molecule has 2 amide bonds. The maximum Gasteiger partial charge on any atom is 0.254 e. The van der Waals surface area contributed by atoms with Crippen LogP contribution in [0.5, 0.6) is 0 Å². The molecule has 0 bridgehead atoms. The van der Waals surface area contributed by atoms with Crippen LogP contribution in [-0.2, 0) is 11.3 Å². The molecule has 0 saturated carbocycles.